The number of hydrogen-bond donors (Lipinski definition) is 1. The van der Waals surface area contributed by atoms with E-state index in [2.05, 4.69) is 5.32 Å². The lowest BCUT2D eigenvalue weighted by molar-refractivity contribution is -0.117. The Morgan fingerprint density at radius 2 is 2.00 bits per heavy atom. The van der Waals surface area contributed by atoms with Gasteiger partial charge < -0.3 is 10.1 Å². The van der Waals surface area contributed by atoms with Crippen molar-refractivity contribution in [3.05, 3.63) is 35.9 Å². The first-order valence-corrected chi connectivity index (χ1v) is 6.37. The molecule has 0 spiro atoms. The zero-order chi connectivity index (χ0) is 13.4. The predicted octanol–water partition coefficient (Wildman–Crippen LogP) is 3.01. The van der Waals surface area contributed by atoms with Crippen LogP contribution in [0.5, 0.6) is 5.75 Å². The largest absolute Gasteiger partial charge is 0.494 e. The Bertz CT molecular complexity index is 395. The minimum Gasteiger partial charge on any atom is -0.494 e. The maximum Gasteiger partial charge on any atom is 0.244 e. The minimum absolute atomic E-state index is 0.0572. The van der Waals surface area contributed by atoms with Gasteiger partial charge in [-0.05, 0) is 44.0 Å². The highest BCUT2D eigenvalue weighted by atomic mass is 16.5. The first-order valence-electron chi connectivity index (χ1n) is 6.37. The summed E-state index contributed by atoms with van der Waals surface area (Å²) in [4.78, 5) is 11.5. The molecule has 1 aromatic carbocycles. The smallest absolute Gasteiger partial charge is 0.244 e. The average Bonchev–Trinajstić information content (AvgIpc) is 2.38. The fraction of sp³-hybridized carbons (Fsp3) is 0.400. The van der Waals surface area contributed by atoms with Gasteiger partial charge in [-0.25, -0.2) is 0 Å². The maximum absolute atomic E-state index is 11.5. The van der Waals surface area contributed by atoms with Crippen LogP contribution in [0.2, 0.25) is 0 Å². The summed E-state index contributed by atoms with van der Waals surface area (Å²) in [6, 6.07) is 7.86. The summed E-state index contributed by atoms with van der Waals surface area (Å²) in [7, 11) is 0. The van der Waals surface area contributed by atoms with Crippen LogP contribution in [-0.4, -0.2) is 18.6 Å². The summed E-state index contributed by atoms with van der Waals surface area (Å²) < 4.78 is 5.35. The first-order chi connectivity index (χ1) is 8.65. The van der Waals surface area contributed by atoms with Crippen molar-refractivity contribution in [2.75, 3.05) is 6.61 Å². The van der Waals surface area contributed by atoms with Gasteiger partial charge in [0.2, 0.25) is 5.91 Å². The molecule has 1 atom stereocenters. The van der Waals surface area contributed by atoms with Gasteiger partial charge in [-0.2, -0.15) is 0 Å². The summed E-state index contributed by atoms with van der Waals surface area (Å²) >= 11 is 0. The number of rotatable bonds is 6. The molecule has 1 rings (SSSR count). The predicted molar refractivity (Wildman–Crippen MR) is 74.5 cm³/mol. The van der Waals surface area contributed by atoms with Gasteiger partial charge in [-0.1, -0.05) is 19.1 Å². The topological polar surface area (TPSA) is 38.3 Å². The normalized spacial score (nSPS) is 12.4. The van der Waals surface area contributed by atoms with Gasteiger partial charge in [0.15, 0.2) is 0 Å². The van der Waals surface area contributed by atoms with Gasteiger partial charge in [0.1, 0.15) is 5.75 Å². The molecule has 0 aliphatic rings. The molecule has 0 aliphatic carbocycles. The molecule has 3 heteroatoms. The molecule has 0 bridgehead atoms. The fourth-order valence-corrected chi connectivity index (χ4v) is 1.41. The van der Waals surface area contributed by atoms with Crippen molar-refractivity contribution < 1.29 is 9.53 Å². The highest BCUT2D eigenvalue weighted by Gasteiger charge is 2.00. The van der Waals surface area contributed by atoms with Crippen molar-refractivity contribution in [1.29, 1.82) is 0 Å². The molecule has 98 valence electrons. The lowest BCUT2D eigenvalue weighted by Crippen LogP contribution is -2.30. The molecule has 0 radical (unpaired) electrons. The van der Waals surface area contributed by atoms with Crippen LogP contribution in [0.15, 0.2) is 30.3 Å². The summed E-state index contributed by atoms with van der Waals surface area (Å²) in [5.74, 6) is 0.789. The molecule has 0 aromatic heterocycles. The SMILES string of the molecule is CCOc1ccc(/C=C\C(=O)N[C@H](C)CC)cc1. The average molecular weight is 247 g/mol. The van der Waals surface area contributed by atoms with E-state index in [0.717, 1.165) is 17.7 Å². The van der Waals surface area contributed by atoms with E-state index in [9.17, 15) is 4.79 Å². The van der Waals surface area contributed by atoms with Crippen molar-refractivity contribution in [2.45, 2.75) is 33.2 Å². The van der Waals surface area contributed by atoms with Gasteiger partial charge in [-0.15, -0.1) is 0 Å². The number of benzene rings is 1. The van der Waals surface area contributed by atoms with Crippen LogP contribution in [0.25, 0.3) is 6.08 Å². The Morgan fingerprint density at radius 3 is 2.56 bits per heavy atom. The lowest BCUT2D eigenvalue weighted by Gasteiger charge is -2.08. The van der Waals surface area contributed by atoms with Crippen LogP contribution in [0.1, 0.15) is 32.8 Å². The van der Waals surface area contributed by atoms with Gasteiger partial charge in [0, 0.05) is 12.1 Å². The monoisotopic (exact) mass is 247 g/mol. The highest BCUT2D eigenvalue weighted by molar-refractivity contribution is 5.91. The number of amides is 1. The van der Waals surface area contributed by atoms with Crippen LogP contribution < -0.4 is 10.1 Å². The Labute approximate surface area is 109 Å². The zero-order valence-corrected chi connectivity index (χ0v) is 11.3. The molecule has 18 heavy (non-hydrogen) atoms. The van der Waals surface area contributed by atoms with Crippen LogP contribution in [0.4, 0.5) is 0 Å². The van der Waals surface area contributed by atoms with Crippen LogP contribution in [0.3, 0.4) is 0 Å². The molecule has 0 saturated carbocycles. The molecule has 3 nitrogen and oxygen atoms in total. The minimum atomic E-state index is -0.0572. The van der Waals surface area contributed by atoms with Crippen molar-refractivity contribution in [3.8, 4) is 5.75 Å². The second-order valence-electron chi connectivity index (χ2n) is 4.15. The van der Waals surface area contributed by atoms with E-state index in [4.69, 9.17) is 4.74 Å². The fourth-order valence-electron chi connectivity index (χ4n) is 1.41. The molecule has 1 amide bonds. The van der Waals surface area contributed by atoms with E-state index in [1.807, 2.05) is 45.0 Å². The molecule has 0 heterocycles. The summed E-state index contributed by atoms with van der Waals surface area (Å²) in [5.41, 5.74) is 0.984. The number of carbonyl (C=O) groups is 1. The quantitative estimate of drug-likeness (QED) is 0.785. The highest BCUT2D eigenvalue weighted by Crippen LogP contribution is 2.12. The third-order valence-electron chi connectivity index (χ3n) is 2.62. The molecule has 0 aliphatic heterocycles. The van der Waals surface area contributed by atoms with E-state index in [1.165, 1.54) is 0 Å². The molecule has 1 aromatic rings. The molecular weight excluding hydrogens is 226 g/mol. The van der Waals surface area contributed by atoms with Crippen LogP contribution >= 0.6 is 0 Å². The second-order valence-corrected chi connectivity index (χ2v) is 4.15. The number of ether oxygens (including phenoxy) is 1. The maximum atomic E-state index is 11.5. The third-order valence-corrected chi connectivity index (χ3v) is 2.62. The van der Waals surface area contributed by atoms with E-state index >= 15 is 0 Å². The number of nitrogens with one attached hydrogen (secondary N) is 1. The summed E-state index contributed by atoms with van der Waals surface area (Å²) in [6.07, 6.45) is 4.29. The van der Waals surface area contributed by atoms with Crippen molar-refractivity contribution in [1.82, 2.24) is 5.32 Å². The van der Waals surface area contributed by atoms with Crippen molar-refractivity contribution >= 4 is 12.0 Å². The van der Waals surface area contributed by atoms with Gasteiger partial charge in [0.25, 0.3) is 0 Å². The van der Waals surface area contributed by atoms with Crippen molar-refractivity contribution in [2.24, 2.45) is 0 Å². The van der Waals surface area contributed by atoms with E-state index < -0.39 is 0 Å². The molecular formula is C15H21NO2. The van der Waals surface area contributed by atoms with Crippen LogP contribution in [-0.2, 0) is 4.79 Å². The molecule has 1 N–H and O–H groups in total. The van der Waals surface area contributed by atoms with Gasteiger partial charge in [0.05, 0.1) is 6.61 Å². The summed E-state index contributed by atoms with van der Waals surface area (Å²) in [6.45, 7) is 6.64. The lowest BCUT2D eigenvalue weighted by atomic mass is 10.2. The Morgan fingerprint density at radius 1 is 1.33 bits per heavy atom. The molecule has 0 saturated heterocycles. The molecule has 0 unspecified atom stereocenters. The first kappa shape index (κ1) is 14.3. The number of carbonyl (C=O) groups excluding carboxylic acids is 1. The van der Waals surface area contributed by atoms with Crippen LogP contribution in [0, 0.1) is 0 Å². The molecule has 0 fully saturated rings. The second kappa shape index (κ2) is 7.54. The van der Waals surface area contributed by atoms with Crippen molar-refractivity contribution in [3.63, 3.8) is 0 Å². The van der Waals surface area contributed by atoms with Gasteiger partial charge >= 0.3 is 0 Å². The standard InChI is InChI=1S/C15H21NO2/c1-4-12(3)16-15(17)11-8-13-6-9-14(10-7-13)18-5-2/h6-12H,4-5H2,1-3H3,(H,16,17)/b11-8-/t12-/m1/s1. The number of hydrogen-bond acceptors (Lipinski definition) is 2. The summed E-state index contributed by atoms with van der Waals surface area (Å²) in [5, 5.41) is 2.88. The zero-order valence-electron chi connectivity index (χ0n) is 11.3. The third kappa shape index (κ3) is 5.04. The Kier molecular flexibility index (Phi) is 5.98. The Balaban J connectivity index is 2.53. The van der Waals surface area contributed by atoms with E-state index in [0.29, 0.717) is 6.61 Å². The van der Waals surface area contributed by atoms with Gasteiger partial charge in [-0.3, -0.25) is 4.79 Å². The Hall–Kier alpha value is -1.77. The van der Waals surface area contributed by atoms with E-state index in [-0.39, 0.29) is 11.9 Å². The van der Waals surface area contributed by atoms with E-state index in [1.54, 1.807) is 12.2 Å².